The third-order valence-corrected chi connectivity index (χ3v) is 11.9. The average molecular weight is 720 g/mol. The second kappa shape index (κ2) is 12.3. The zero-order valence-electron chi connectivity index (χ0n) is 29.4. The van der Waals surface area contributed by atoms with Gasteiger partial charge in [0.15, 0.2) is 5.69 Å². The Morgan fingerprint density at radius 1 is 0.942 bits per heavy atom. The molecule has 3 aromatic rings. The quantitative estimate of drug-likeness (QED) is 0.222. The van der Waals surface area contributed by atoms with E-state index in [2.05, 4.69) is 60.4 Å². The van der Waals surface area contributed by atoms with E-state index in [0.717, 1.165) is 44.7 Å². The summed E-state index contributed by atoms with van der Waals surface area (Å²) in [7, 11) is 0. The van der Waals surface area contributed by atoms with Crippen molar-refractivity contribution < 1.29 is 24.3 Å². The SMILES string of the molecule is CC1(C)C(Oc2ccc(C#N)c(Cl)c2)C(C)(C)C1N1Cc2nc(C#CC3CC(N4CCN(c5ccc6c(c5)C(=O)N(O)C6=O)CC4)C3)cnc2C1=O. The molecule has 8 rings (SSSR count). The van der Waals surface area contributed by atoms with E-state index in [1.54, 1.807) is 36.5 Å². The Labute approximate surface area is 306 Å². The minimum atomic E-state index is -0.684. The van der Waals surface area contributed by atoms with Crippen LogP contribution in [0, 0.1) is 39.9 Å². The van der Waals surface area contributed by atoms with E-state index >= 15 is 0 Å². The number of rotatable bonds is 5. The van der Waals surface area contributed by atoms with Crippen molar-refractivity contribution >= 4 is 35.0 Å². The number of anilines is 1. The number of amides is 3. The monoisotopic (exact) mass is 719 g/mol. The predicted octanol–water partition coefficient (Wildman–Crippen LogP) is 4.78. The summed E-state index contributed by atoms with van der Waals surface area (Å²) in [5.41, 5.74) is 2.54. The molecule has 2 saturated carbocycles. The molecule has 2 aliphatic carbocycles. The molecule has 3 aliphatic heterocycles. The molecule has 5 aliphatic rings. The number of hydrogen-bond acceptors (Lipinski definition) is 10. The summed E-state index contributed by atoms with van der Waals surface area (Å²) in [6, 6.07) is 12.6. The third-order valence-electron chi connectivity index (χ3n) is 11.6. The minimum Gasteiger partial charge on any atom is -0.489 e. The maximum absolute atomic E-state index is 13.6. The molecule has 52 heavy (non-hydrogen) atoms. The number of aromatic nitrogens is 2. The van der Waals surface area contributed by atoms with E-state index in [1.165, 1.54) is 0 Å². The van der Waals surface area contributed by atoms with Crippen LogP contribution in [-0.4, -0.2) is 92.1 Å². The molecule has 2 aromatic carbocycles. The number of ether oxygens (including phenoxy) is 1. The summed E-state index contributed by atoms with van der Waals surface area (Å²) >= 11 is 6.26. The summed E-state index contributed by atoms with van der Waals surface area (Å²) in [5, 5.41) is 19.4. The third kappa shape index (κ3) is 5.40. The Morgan fingerprint density at radius 2 is 1.65 bits per heavy atom. The molecule has 13 heteroatoms. The van der Waals surface area contributed by atoms with Crippen molar-refractivity contribution in [3.8, 4) is 23.7 Å². The van der Waals surface area contributed by atoms with Crippen molar-refractivity contribution in [2.75, 3.05) is 31.1 Å². The number of imide groups is 1. The molecule has 1 aromatic heterocycles. The van der Waals surface area contributed by atoms with Crippen molar-refractivity contribution in [2.45, 2.75) is 65.3 Å². The van der Waals surface area contributed by atoms with Gasteiger partial charge in [-0.25, -0.2) is 9.97 Å². The number of piperazine rings is 1. The minimum absolute atomic E-state index is 0.124. The number of hydrogen-bond donors (Lipinski definition) is 1. The second-order valence-electron chi connectivity index (χ2n) is 15.5. The van der Waals surface area contributed by atoms with Crippen LogP contribution in [-0.2, 0) is 6.54 Å². The fourth-order valence-corrected chi connectivity index (χ4v) is 9.52. The summed E-state index contributed by atoms with van der Waals surface area (Å²) < 4.78 is 6.43. The first-order chi connectivity index (χ1) is 24.8. The standard InChI is InChI=1S/C39H38ClN7O5/c1-38(2)36(39(3,4)37(38)52-27-9-6-23(19-41)30(40)18-27)46-21-31-32(35(46)50)42-20-24(43-31)7-5-22-15-26(16-22)45-13-11-44(12-14-45)25-8-10-28-29(17-25)34(49)47(51)33(28)48/h6,8-10,17-18,20,22,26,36-37,51H,11-16,21H2,1-4H3. The van der Waals surface area contributed by atoms with Crippen LogP contribution in [0.25, 0.3) is 0 Å². The fourth-order valence-electron chi connectivity index (χ4n) is 9.30. The van der Waals surface area contributed by atoms with Gasteiger partial charge in [-0.3, -0.25) is 24.5 Å². The van der Waals surface area contributed by atoms with E-state index in [1.807, 2.05) is 11.0 Å². The van der Waals surface area contributed by atoms with Gasteiger partial charge < -0.3 is 14.5 Å². The van der Waals surface area contributed by atoms with Crippen LogP contribution in [0.1, 0.15) is 88.7 Å². The first kappa shape index (κ1) is 34.1. The number of nitriles is 1. The summed E-state index contributed by atoms with van der Waals surface area (Å²) in [6.45, 7) is 12.1. The van der Waals surface area contributed by atoms with Crippen LogP contribution in [0.3, 0.4) is 0 Å². The lowest BCUT2D eigenvalue weighted by molar-refractivity contribution is -0.199. The highest BCUT2D eigenvalue weighted by Crippen LogP contribution is 2.59. The molecule has 0 radical (unpaired) electrons. The Bertz CT molecular complexity index is 2120. The van der Waals surface area contributed by atoms with Gasteiger partial charge in [0.2, 0.25) is 0 Å². The second-order valence-corrected chi connectivity index (χ2v) is 16.0. The highest BCUT2D eigenvalue weighted by Gasteiger charge is 2.67. The topological polar surface area (TPSA) is 143 Å². The molecule has 0 atom stereocenters. The van der Waals surface area contributed by atoms with Gasteiger partial charge in [-0.15, -0.1) is 5.06 Å². The molecule has 266 valence electrons. The molecular weight excluding hydrogens is 682 g/mol. The Kier molecular flexibility index (Phi) is 8.07. The van der Waals surface area contributed by atoms with Crippen LogP contribution < -0.4 is 9.64 Å². The van der Waals surface area contributed by atoms with Gasteiger partial charge in [-0.1, -0.05) is 45.2 Å². The molecule has 3 amide bonds. The van der Waals surface area contributed by atoms with E-state index in [9.17, 15) is 24.9 Å². The largest absolute Gasteiger partial charge is 0.489 e. The van der Waals surface area contributed by atoms with Gasteiger partial charge in [0.1, 0.15) is 23.6 Å². The number of carbonyl (C=O) groups is 3. The number of hydroxylamine groups is 2. The highest BCUT2D eigenvalue weighted by atomic mass is 35.5. The average Bonchev–Trinajstić information content (AvgIpc) is 3.53. The van der Waals surface area contributed by atoms with Crippen molar-refractivity contribution in [2.24, 2.45) is 16.7 Å². The lowest BCUT2D eigenvalue weighted by Gasteiger charge is -2.65. The van der Waals surface area contributed by atoms with Crippen LogP contribution in [0.2, 0.25) is 5.02 Å². The zero-order chi connectivity index (χ0) is 36.7. The van der Waals surface area contributed by atoms with Gasteiger partial charge in [-0.2, -0.15) is 5.26 Å². The van der Waals surface area contributed by atoms with Gasteiger partial charge >= 0.3 is 0 Å². The van der Waals surface area contributed by atoms with Crippen LogP contribution in [0.15, 0.2) is 42.6 Å². The lowest BCUT2D eigenvalue weighted by Crippen LogP contribution is -2.74. The van der Waals surface area contributed by atoms with Gasteiger partial charge in [0.05, 0.1) is 40.1 Å². The lowest BCUT2D eigenvalue weighted by atomic mass is 9.49. The smallest absolute Gasteiger partial charge is 0.285 e. The number of benzene rings is 2. The number of carbonyl (C=O) groups excluding carboxylic acids is 3. The fraction of sp³-hybridized carbons (Fsp3) is 0.436. The summed E-state index contributed by atoms with van der Waals surface area (Å²) in [4.78, 5) is 53.7. The maximum atomic E-state index is 13.6. The Balaban J connectivity index is 0.855. The van der Waals surface area contributed by atoms with Crippen molar-refractivity contribution in [3.63, 3.8) is 0 Å². The van der Waals surface area contributed by atoms with E-state index < -0.39 is 11.8 Å². The van der Waals surface area contributed by atoms with Crippen LogP contribution in [0.4, 0.5) is 5.69 Å². The van der Waals surface area contributed by atoms with Crippen molar-refractivity contribution in [1.82, 2.24) is 24.8 Å². The van der Waals surface area contributed by atoms with Crippen LogP contribution >= 0.6 is 11.6 Å². The molecule has 12 nitrogen and oxygen atoms in total. The molecule has 0 spiro atoms. The first-order valence-electron chi connectivity index (χ1n) is 17.5. The molecule has 3 fully saturated rings. The Morgan fingerprint density at radius 3 is 2.35 bits per heavy atom. The number of fused-ring (bicyclic) bond motifs is 2. The normalized spacial score (nSPS) is 25.8. The molecule has 0 unspecified atom stereocenters. The highest BCUT2D eigenvalue weighted by molar-refractivity contribution is 6.31. The molecular formula is C39H38ClN7O5. The van der Waals surface area contributed by atoms with Crippen molar-refractivity contribution in [3.05, 3.63) is 81.4 Å². The summed E-state index contributed by atoms with van der Waals surface area (Å²) in [5.74, 6) is 5.95. The molecule has 0 bridgehead atoms. The van der Waals surface area contributed by atoms with Crippen LogP contribution in [0.5, 0.6) is 5.75 Å². The zero-order valence-corrected chi connectivity index (χ0v) is 30.1. The summed E-state index contributed by atoms with van der Waals surface area (Å²) in [6.07, 6.45) is 3.34. The number of halogens is 1. The molecule has 1 saturated heterocycles. The molecule has 4 heterocycles. The maximum Gasteiger partial charge on any atom is 0.285 e. The van der Waals surface area contributed by atoms with Gasteiger partial charge in [0, 0.05) is 66.8 Å². The Hall–Kier alpha value is -5.01. The van der Waals surface area contributed by atoms with E-state index in [4.69, 9.17) is 21.3 Å². The van der Waals surface area contributed by atoms with Gasteiger partial charge in [0.25, 0.3) is 17.7 Å². The first-order valence-corrected chi connectivity index (χ1v) is 17.9. The molecule has 1 N–H and O–H groups in total. The van der Waals surface area contributed by atoms with Crippen molar-refractivity contribution in [1.29, 1.82) is 5.26 Å². The van der Waals surface area contributed by atoms with E-state index in [0.29, 0.717) is 46.0 Å². The number of nitrogens with zero attached hydrogens (tertiary/aromatic N) is 7. The van der Waals surface area contributed by atoms with E-state index in [-0.39, 0.29) is 51.0 Å². The van der Waals surface area contributed by atoms with Gasteiger partial charge in [-0.05, 0) is 49.1 Å². The predicted molar refractivity (Wildman–Crippen MR) is 190 cm³/mol.